The standard InChI is InChI=1S/C10H12O2.C7H6N2O3/c1-12-10(11)8-7-9-5-3-2-4-6-9;8-7(10)5-2-1-3-6(4-5)9(11)12/h2-6H,7-8H2,1H3;1-4H,(H2,8,10). The van der Waals surface area contributed by atoms with E-state index in [1.807, 2.05) is 30.3 Å². The van der Waals surface area contributed by atoms with Crippen LogP contribution in [0.1, 0.15) is 22.3 Å². The van der Waals surface area contributed by atoms with Crippen LogP contribution in [0.4, 0.5) is 5.69 Å². The van der Waals surface area contributed by atoms with Crippen LogP contribution in [0.5, 0.6) is 0 Å². The molecule has 0 fully saturated rings. The summed E-state index contributed by atoms with van der Waals surface area (Å²) in [6.45, 7) is 0. The molecule has 0 aromatic heterocycles. The molecule has 0 saturated carbocycles. The fraction of sp³-hybridized carbons (Fsp3) is 0.176. The summed E-state index contributed by atoms with van der Waals surface area (Å²) in [5.74, 6) is -0.822. The first-order chi connectivity index (χ1) is 11.4. The molecule has 7 nitrogen and oxygen atoms in total. The minimum atomic E-state index is -0.668. The summed E-state index contributed by atoms with van der Waals surface area (Å²) >= 11 is 0. The lowest BCUT2D eigenvalue weighted by Gasteiger charge is -1.98. The van der Waals surface area contributed by atoms with E-state index in [-0.39, 0.29) is 17.2 Å². The summed E-state index contributed by atoms with van der Waals surface area (Å²) in [5, 5.41) is 10.2. The van der Waals surface area contributed by atoms with Gasteiger partial charge in [-0.25, -0.2) is 0 Å². The number of primary amides is 1. The quantitative estimate of drug-likeness (QED) is 0.514. The number of non-ortho nitro benzene ring substituents is 1. The van der Waals surface area contributed by atoms with Crippen molar-refractivity contribution in [3.63, 3.8) is 0 Å². The van der Waals surface area contributed by atoms with E-state index in [1.54, 1.807) is 0 Å². The Kier molecular flexibility index (Phi) is 7.63. The van der Waals surface area contributed by atoms with Crippen molar-refractivity contribution < 1.29 is 19.2 Å². The van der Waals surface area contributed by atoms with Crippen LogP contribution in [-0.2, 0) is 16.0 Å². The molecule has 0 aliphatic rings. The number of esters is 1. The topological polar surface area (TPSA) is 113 Å². The second kappa shape index (κ2) is 9.73. The Hall–Kier alpha value is -3.22. The number of benzene rings is 2. The normalized spacial score (nSPS) is 9.38. The van der Waals surface area contributed by atoms with Crippen molar-refractivity contribution in [3.05, 3.63) is 75.8 Å². The third kappa shape index (κ3) is 6.69. The van der Waals surface area contributed by atoms with Gasteiger partial charge in [-0.1, -0.05) is 36.4 Å². The Balaban J connectivity index is 0.000000240. The molecular formula is C17H18N2O5. The highest BCUT2D eigenvalue weighted by Gasteiger charge is 2.07. The fourth-order valence-electron chi connectivity index (χ4n) is 1.77. The maximum absolute atomic E-state index is 10.8. The number of ether oxygens (including phenoxy) is 1. The lowest BCUT2D eigenvalue weighted by molar-refractivity contribution is -0.384. The molecule has 2 N–H and O–H groups in total. The van der Waals surface area contributed by atoms with E-state index < -0.39 is 10.8 Å². The average molecular weight is 330 g/mol. The fourth-order valence-corrected chi connectivity index (χ4v) is 1.77. The molecule has 0 bridgehead atoms. The maximum Gasteiger partial charge on any atom is 0.305 e. The molecule has 0 aliphatic heterocycles. The Morgan fingerprint density at radius 3 is 2.33 bits per heavy atom. The van der Waals surface area contributed by atoms with Gasteiger partial charge >= 0.3 is 5.97 Å². The number of nitro benzene ring substituents is 1. The first kappa shape index (κ1) is 18.8. The zero-order valence-electron chi connectivity index (χ0n) is 13.2. The monoisotopic (exact) mass is 330 g/mol. The first-order valence-corrected chi connectivity index (χ1v) is 7.09. The number of hydrogen-bond donors (Lipinski definition) is 1. The van der Waals surface area contributed by atoms with Crippen LogP contribution < -0.4 is 5.73 Å². The van der Waals surface area contributed by atoms with Gasteiger partial charge in [0.05, 0.1) is 12.0 Å². The predicted molar refractivity (Wildman–Crippen MR) is 88.4 cm³/mol. The van der Waals surface area contributed by atoms with Crippen molar-refractivity contribution in [1.29, 1.82) is 0 Å². The summed E-state index contributed by atoms with van der Waals surface area (Å²) < 4.78 is 4.53. The number of carbonyl (C=O) groups is 2. The first-order valence-electron chi connectivity index (χ1n) is 7.09. The number of nitro groups is 1. The van der Waals surface area contributed by atoms with Crippen LogP contribution >= 0.6 is 0 Å². The van der Waals surface area contributed by atoms with Gasteiger partial charge in [-0.2, -0.15) is 0 Å². The Bertz CT molecular complexity index is 672. The highest BCUT2D eigenvalue weighted by molar-refractivity contribution is 5.93. The van der Waals surface area contributed by atoms with Gasteiger partial charge in [-0.15, -0.1) is 0 Å². The van der Waals surface area contributed by atoms with Crippen LogP contribution in [0.15, 0.2) is 54.6 Å². The number of amides is 1. The highest BCUT2D eigenvalue weighted by atomic mass is 16.6. The summed E-state index contributed by atoms with van der Waals surface area (Å²) in [6, 6.07) is 15.2. The number of nitrogens with zero attached hydrogens (tertiary/aromatic N) is 1. The largest absolute Gasteiger partial charge is 0.469 e. The molecule has 0 atom stereocenters. The number of carbonyl (C=O) groups excluding carboxylic acids is 2. The van der Waals surface area contributed by atoms with Gasteiger partial charge in [0.2, 0.25) is 5.91 Å². The molecule has 7 heteroatoms. The molecule has 2 aromatic carbocycles. The molecule has 0 heterocycles. The number of methoxy groups -OCH3 is 1. The van der Waals surface area contributed by atoms with Crippen molar-refractivity contribution >= 4 is 17.6 Å². The number of rotatable bonds is 5. The smallest absolute Gasteiger partial charge is 0.305 e. The second-order valence-corrected chi connectivity index (χ2v) is 4.73. The van der Waals surface area contributed by atoms with Crippen molar-refractivity contribution in [3.8, 4) is 0 Å². The molecule has 2 aromatic rings. The Labute approximate surface area is 139 Å². The Morgan fingerprint density at radius 2 is 1.79 bits per heavy atom. The SMILES string of the molecule is COC(=O)CCc1ccccc1.NC(=O)c1cccc([N+](=O)[O-])c1. The minimum absolute atomic E-state index is 0.133. The van der Waals surface area contributed by atoms with Crippen LogP contribution in [0.3, 0.4) is 0 Å². The summed E-state index contributed by atoms with van der Waals surface area (Å²) in [7, 11) is 1.41. The lowest BCUT2D eigenvalue weighted by Crippen LogP contribution is -2.10. The van der Waals surface area contributed by atoms with Crippen molar-refractivity contribution in [2.24, 2.45) is 5.73 Å². The Morgan fingerprint density at radius 1 is 1.12 bits per heavy atom. The van der Waals surface area contributed by atoms with Gasteiger partial charge in [-0.05, 0) is 18.1 Å². The maximum atomic E-state index is 10.8. The van der Waals surface area contributed by atoms with Gasteiger partial charge < -0.3 is 10.5 Å². The summed E-state index contributed by atoms with van der Waals surface area (Å²) in [6.07, 6.45) is 1.22. The highest BCUT2D eigenvalue weighted by Crippen LogP contribution is 2.12. The van der Waals surface area contributed by atoms with E-state index in [2.05, 4.69) is 4.74 Å². The molecular weight excluding hydrogens is 312 g/mol. The van der Waals surface area contributed by atoms with Gasteiger partial charge in [0.25, 0.3) is 5.69 Å². The van der Waals surface area contributed by atoms with Gasteiger partial charge in [0.15, 0.2) is 0 Å². The van der Waals surface area contributed by atoms with E-state index >= 15 is 0 Å². The lowest BCUT2D eigenvalue weighted by atomic mass is 10.1. The third-order valence-electron chi connectivity index (χ3n) is 3.03. The van der Waals surface area contributed by atoms with Crippen molar-refractivity contribution in [1.82, 2.24) is 0 Å². The predicted octanol–water partition coefficient (Wildman–Crippen LogP) is 2.49. The molecule has 0 aliphatic carbocycles. The van der Waals surface area contributed by atoms with Gasteiger partial charge in [0.1, 0.15) is 0 Å². The van der Waals surface area contributed by atoms with Crippen LogP contribution in [-0.4, -0.2) is 23.9 Å². The molecule has 0 spiro atoms. The van der Waals surface area contributed by atoms with E-state index in [4.69, 9.17) is 5.73 Å². The molecule has 0 radical (unpaired) electrons. The van der Waals surface area contributed by atoms with Crippen molar-refractivity contribution in [2.75, 3.05) is 7.11 Å². The van der Waals surface area contributed by atoms with Crippen LogP contribution in [0.25, 0.3) is 0 Å². The number of nitrogens with two attached hydrogens (primary N) is 1. The minimum Gasteiger partial charge on any atom is -0.469 e. The molecule has 0 saturated heterocycles. The van der Waals surface area contributed by atoms with Gasteiger partial charge in [-0.3, -0.25) is 19.7 Å². The number of hydrogen-bond acceptors (Lipinski definition) is 5. The summed E-state index contributed by atoms with van der Waals surface area (Å²) in [5.41, 5.74) is 6.10. The zero-order valence-corrected chi connectivity index (χ0v) is 13.2. The second-order valence-electron chi connectivity index (χ2n) is 4.73. The van der Waals surface area contributed by atoms with E-state index in [0.29, 0.717) is 6.42 Å². The molecule has 2 rings (SSSR count). The zero-order chi connectivity index (χ0) is 17.9. The van der Waals surface area contributed by atoms with Gasteiger partial charge in [0, 0.05) is 24.1 Å². The van der Waals surface area contributed by atoms with E-state index in [1.165, 1.54) is 30.9 Å². The third-order valence-corrected chi connectivity index (χ3v) is 3.03. The molecule has 0 unspecified atom stereocenters. The average Bonchev–Trinajstić information content (AvgIpc) is 2.61. The summed E-state index contributed by atoms with van der Waals surface area (Å²) in [4.78, 5) is 31.0. The molecule has 126 valence electrons. The molecule has 1 amide bonds. The van der Waals surface area contributed by atoms with Crippen LogP contribution in [0, 0.1) is 10.1 Å². The number of aryl methyl sites for hydroxylation is 1. The van der Waals surface area contributed by atoms with Crippen molar-refractivity contribution in [2.45, 2.75) is 12.8 Å². The van der Waals surface area contributed by atoms with Crippen LogP contribution in [0.2, 0.25) is 0 Å². The molecule has 24 heavy (non-hydrogen) atoms. The van der Waals surface area contributed by atoms with E-state index in [9.17, 15) is 19.7 Å². The van der Waals surface area contributed by atoms with E-state index in [0.717, 1.165) is 12.5 Å².